The molecule has 2 aromatic carbocycles. The average Bonchev–Trinajstić information content (AvgIpc) is 2.53. The number of non-ortho nitro benzene ring substituents is 1. The van der Waals surface area contributed by atoms with Crippen LogP contribution in [0.2, 0.25) is 0 Å². The first-order chi connectivity index (χ1) is 10.2. The highest BCUT2D eigenvalue weighted by Gasteiger charge is 2.03. The molecule has 0 saturated heterocycles. The summed E-state index contributed by atoms with van der Waals surface area (Å²) >= 11 is 0. The van der Waals surface area contributed by atoms with Crippen molar-refractivity contribution in [2.24, 2.45) is 4.99 Å². The molecule has 0 aromatic heterocycles. The van der Waals surface area contributed by atoms with E-state index in [4.69, 9.17) is 6.42 Å². The molecular formula is C17H12N2O2. The summed E-state index contributed by atoms with van der Waals surface area (Å²) in [7, 11) is 0. The summed E-state index contributed by atoms with van der Waals surface area (Å²) in [6.45, 7) is 0. The number of benzene rings is 2. The molecule has 0 spiro atoms. The van der Waals surface area contributed by atoms with Crippen LogP contribution >= 0.6 is 0 Å². The van der Waals surface area contributed by atoms with Gasteiger partial charge in [0, 0.05) is 12.1 Å². The Morgan fingerprint density at radius 2 is 1.81 bits per heavy atom. The largest absolute Gasteiger partial charge is 0.269 e. The van der Waals surface area contributed by atoms with Crippen molar-refractivity contribution in [2.45, 2.75) is 0 Å². The van der Waals surface area contributed by atoms with Crippen LogP contribution in [0.4, 0.5) is 11.4 Å². The first-order valence-electron chi connectivity index (χ1n) is 6.22. The molecule has 0 atom stereocenters. The second kappa shape index (κ2) is 6.83. The van der Waals surface area contributed by atoms with Crippen LogP contribution in [0.25, 0.3) is 6.08 Å². The van der Waals surface area contributed by atoms with Crippen molar-refractivity contribution in [1.82, 2.24) is 0 Å². The minimum absolute atomic E-state index is 0.0241. The Hall–Kier alpha value is -3.19. The molecule has 0 aliphatic carbocycles. The van der Waals surface area contributed by atoms with Crippen molar-refractivity contribution in [1.29, 1.82) is 0 Å². The fraction of sp³-hybridized carbons (Fsp3) is 0. The van der Waals surface area contributed by atoms with E-state index in [1.807, 2.05) is 36.4 Å². The topological polar surface area (TPSA) is 55.5 Å². The third kappa shape index (κ3) is 4.15. The number of hydrogen-bond acceptors (Lipinski definition) is 3. The standard InChI is InChI=1S/C17H12N2O2/c1-2-15(9-8-14-6-4-3-5-7-14)18-16-10-12-17(13-11-16)19(20)21/h1,3-13H/b9-8+,18-15?. The average molecular weight is 276 g/mol. The van der Waals surface area contributed by atoms with E-state index in [1.54, 1.807) is 18.2 Å². The van der Waals surface area contributed by atoms with Crippen LogP contribution in [0.1, 0.15) is 5.56 Å². The Morgan fingerprint density at radius 3 is 2.38 bits per heavy atom. The van der Waals surface area contributed by atoms with Crippen molar-refractivity contribution in [3.05, 3.63) is 76.4 Å². The molecule has 0 heterocycles. The van der Waals surface area contributed by atoms with Gasteiger partial charge in [0.2, 0.25) is 0 Å². The molecule has 0 aliphatic rings. The molecule has 0 saturated carbocycles. The Balaban J connectivity index is 2.19. The van der Waals surface area contributed by atoms with Crippen molar-refractivity contribution < 1.29 is 4.92 Å². The number of nitrogens with zero attached hydrogens (tertiary/aromatic N) is 2. The monoisotopic (exact) mass is 276 g/mol. The van der Waals surface area contributed by atoms with Gasteiger partial charge in [0.1, 0.15) is 5.71 Å². The molecule has 0 unspecified atom stereocenters. The predicted molar refractivity (Wildman–Crippen MR) is 84.5 cm³/mol. The van der Waals surface area contributed by atoms with Gasteiger partial charge < -0.3 is 0 Å². The van der Waals surface area contributed by atoms with Crippen LogP contribution < -0.4 is 0 Å². The molecule has 2 aromatic rings. The highest BCUT2D eigenvalue weighted by Crippen LogP contribution is 2.18. The number of rotatable bonds is 4. The number of terminal acetylenes is 1. The molecule has 0 aliphatic heterocycles. The Morgan fingerprint density at radius 1 is 1.14 bits per heavy atom. The number of hydrogen-bond donors (Lipinski definition) is 0. The molecule has 21 heavy (non-hydrogen) atoms. The molecule has 0 radical (unpaired) electrons. The van der Waals surface area contributed by atoms with Gasteiger partial charge in [-0.3, -0.25) is 10.1 Å². The first-order valence-corrected chi connectivity index (χ1v) is 6.22. The van der Waals surface area contributed by atoms with Gasteiger partial charge in [0.25, 0.3) is 5.69 Å². The number of aliphatic imine (C=N–C) groups is 1. The Bertz CT molecular complexity index is 724. The van der Waals surface area contributed by atoms with E-state index < -0.39 is 4.92 Å². The molecule has 0 bridgehead atoms. The van der Waals surface area contributed by atoms with E-state index in [1.165, 1.54) is 12.1 Å². The van der Waals surface area contributed by atoms with E-state index in [-0.39, 0.29) is 5.69 Å². The van der Waals surface area contributed by atoms with Crippen LogP contribution in [0, 0.1) is 22.5 Å². The smallest absolute Gasteiger partial charge is 0.258 e. The summed E-state index contributed by atoms with van der Waals surface area (Å²) in [5.41, 5.74) is 2.07. The van der Waals surface area contributed by atoms with E-state index in [0.717, 1.165) is 5.56 Å². The van der Waals surface area contributed by atoms with Gasteiger partial charge in [-0.2, -0.15) is 0 Å². The fourth-order valence-electron chi connectivity index (χ4n) is 1.64. The summed E-state index contributed by atoms with van der Waals surface area (Å²) in [6.07, 6.45) is 9.02. The summed E-state index contributed by atoms with van der Waals surface area (Å²) < 4.78 is 0. The lowest BCUT2D eigenvalue weighted by Crippen LogP contribution is -1.88. The molecule has 4 nitrogen and oxygen atoms in total. The van der Waals surface area contributed by atoms with Gasteiger partial charge in [-0.25, -0.2) is 4.99 Å². The van der Waals surface area contributed by atoms with Gasteiger partial charge in [-0.05, 0) is 23.8 Å². The maximum atomic E-state index is 10.6. The SMILES string of the molecule is C#CC(/C=C/c1ccccc1)=Nc1ccc([N+](=O)[O-])cc1. The zero-order valence-electron chi connectivity index (χ0n) is 11.1. The molecular weight excluding hydrogens is 264 g/mol. The van der Waals surface area contributed by atoms with Crippen molar-refractivity contribution in [2.75, 3.05) is 0 Å². The second-order valence-electron chi connectivity index (χ2n) is 4.16. The van der Waals surface area contributed by atoms with Crippen molar-refractivity contribution >= 4 is 23.2 Å². The minimum atomic E-state index is -0.453. The van der Waals surface area contributed by atoms with E-state index >= 15 is 0 Å². The maximum Gasteiger partial charge on any atom is 0.269 e. The lowest BCUT2D eigenvalue weighted by atomic mass is 10.2. The maximum absolute atomic E-state index is 10.6. The number of nitro benzene ring substituents is 1. The van der Waals surface area contributed by atoms with E-state index in [2.05, 4.69) is 10.9 Å². The summed E-state index contributed by atoms with van der Waals surface area (Å²) in [6, 6.07) is 15.6. The quantitative estimate of drug-likeness (QED) is 0.366. The number of allylic oxidation sites excluding steroid dienone is 1. The predicted octanol–water partition coefficient (Wildman–Crippen LogP) is 4.01. The third-order valence-electron chi connectivity index (χ3n) is 2.69. The van der Waals surface area contributed by atoms with E-state index in [0.29, 0.717) is 11.4 Å². The van der Waals surface area contributed by atoms with Crippen molar-refractivity contribution in [3.63, 3.8) is 0 Å². The van der Waals surface area contributed by atoms with Gasteiger partial charge >= 0.3 is 0 Å². The van der Waals surface area contributed by atoms with Crippen molar-refractivity contribution in [3.8, 4) is 12.3 Å². The summed E-state index contributed by atoms with van der Waals surface area (Å²) in [4.78, 5) is 14.4. The lowest BCUT2D eigenvalue weighted by molar-refractivity contribution is -0.384. The fourth-order valence-corrected chi connectivity index (χ4v) is 1.64. The van der Waals surface area contributed by atoms with Crippen LogP contribution in [0.3, 0.4) is 0 Å². The molecule has 2 rings (SSSR count). The highest BCUT2D eigenvalue weighted by molar-refractivity contribution is 6.11. The minimum Gasteiger partial charge on any atom is -0.258 e. The van der Waals surface area contributed by atoms with Crippen LogP contribution in [0.15, 0.2) is 65.7 Å². The normalized spacial score (nSPS) is 11.3. The third-order valence-corrected chi connectivity index (χ3v) is 2.69. The summed E-state index contributed by atoms with van der Waals surface area (Å²) in [5.74, 6) is 2.49. The number of nitro groups is 1. The molecule has 0 N–H and O–H groups in total. The zero-order valence-corrected chi connectivity index (χ0v) is 11.1. The molecule has 4 heteroatoms. The molecule has 0 fully saturated rings. The zero-order chi connectivity index (χ0) is 15.1. The lowest BCUT2D eigenvalue weighted by Gasteiger charge is -1.96. The molecule has 102 valence electrons. The summed E-state index contributed by atoms with van der Waals surface area (Å²) in [5, 5.41) is 10.6. The van der Waals surface area contributed by atoms with Gasteiger partial charge in [-0.15, -0.1) is 6.42 Å². The van der Waals surface area contributed by atoms with Gasteiger partial charge in [-0.1, -0.05) is 42.3 Å². The van der Waals surface area contributed by atoms with Gasteiger partial charge in [0.15, 0.2) is 0 Å². The first kappa shape index (κ1) is 14.2. The Kier molecular flexibility index (Phi) is 4.62. The van der Waals surface area contributed by atoms with Gasteiger partial charge in [0.05, 0.1) is 10.6 Å². The second-order valence-corrected chi connectivity index (χ2v) is 4.16. The Labute approximate surface area is 122 Å². The highest BCUT2D eigenvalue weighted by atomic mass is 16.6. The molecule has 0 amide bonds. The van der Waals surface area contributed by atoms with Crippen LogP contribution in [0.5, 0.6) is 0 Å². The van der Waals surface area contributed by atoms with Crippen LogP contribution in [-0.4, -0.2) is 10.6 Å². The van der Waals surface area contributed by atoms with Crippen LogP contribution in [-0.2, 0) is 0 Å². The van der Waals surface area contributed by atoms with E-state index in [9.17, 15) is 10.1 Å².